The predicted molar refractivity (Wildman–Crippen MR) is 112 cm³/mol. The zero-order chi connectivity index (χ0) is 20.9. The van der Waals surface area contributed by atoms with E-state index < -0.39 is 28.4 Å². The van der Waals surface area contributed by atoms with Gasteiger partial charge < -0.3 is 10.6 Å². The van der Waals surface area contributed by atoms with Crippen LogP contribution in [0.4, 0.5) is 5.69 Å². The Hall–Kier alpha value is -1.94. The van der Waals surface area contributed by atoms with Gasteiger partial charge in [0, 0.05) is 22.2 Å². The second-order valence-corrected chi connectivity index (χ2v) is 9.32. The van der Waals surface area contributed by atoms with Gasteiger partial charge in [-0.2, -0.15) is 4.31 Å². The van der Waals surface area contributed by atoms with E-state index in [1.807, 2.05) is 0 Å². The van der Waals surface area contributed by atoms with Gasteiger partial charge in [-0.05, 0) is 48.9 Å². The van der Waals surface area contributed by atoms with Crippen molar-refractivity contribution in [2.24, 2.45) is 0 Å². The van der Waals surface area contributed by atoms with Crippen molar-refractivity contribution in [3.05, 3.63) is 57.5 Å². The van der Waals surface area contributed by atoms with Crippen molar-refractivity contribution in [2.45, 2.75) is 11.8 Å². The lowest BCUT2D eigenvalue weighted by molar-refractivity contribution is -0.124. The van der Waals surface area contributed by atoms with E-state index in [1.165, 1.54) is 19.2 Å². The maximum absolute atomic E-state index is 12.5. The van der Waals surface area contributed by atoms with Gasteiger partial charge in [0.05, 0.1) is 18.0 Å². The van der Waals surface area contributed by atoms with Gasteiger partial charge in [-0.3, -0.25) is 9.59 Å². The van der Waals surface area contributed by atoms with Crippen LogP contribution < -0.4 is 10.6 Å². The molecule has 7 nitrogen and oxygen atoms in total. The summed E-state index contributed by atoms with van der Waals surface area (Å²) < 4.78 is 26.6. The first-order valence-corrected chi connectivity index (χ1v) is 10.8. The van der Waals surface area contributed by atoms with Crippen LogP contribution in [-0.2, 0) is 19.6 Å². The number of hydrogen-bond donors (Lipinski definition) is 2. The second kappa shape index (κ2) is 9.51. The van der Waals surface area contributed by atoms with Crippen LogP contribution in [0.2, 0.25) is 5.02 Å². The van der Waals surface area contributed by atoms with Gasteiger partial charge in [0.15, 0.2) is 0 Å². The van der Waals surface area contributed by atoms with E-state index >= 15 is 0 Å². The smallest absolute Gasteiger partial charge is 0.243 e. The molecule has 0 bridgehead atoms. The molecule has 0 radical (unpaired) electrons. The van der Waals surface area contributed by atoms with Crippen LogP contribution in [0.15, 0.2) is 51.8 Å². The molecule has 2 N–H and O–H groups in total. The Balaban J connectivity index is 1.90. The lowest BCUT2D eigenvalue weighted by Gasteiger charge is -2.17. The highest BCUT2D eigenvalue weighted by atomic mass is 79.9. The van der Waals surface area contributed by atoms with Crippen molar-refractivity contribution >= 4 is 55.1 Å². The second-order valence-electron chi connectivity index (χ2n) is 5.95. The van der Waals surface area contributed by atoms with Crippen molar-refractivity contribution in [2.75, 3.05) is 25.5 Å². The molecule has 0 spiro atoms. The number of carbonyl (C=O) groups is 2. The summed E-state index contributed by atoms with van der Waals surface area (Å²) in [6.45, 7) is 1.05. The average molecular weight is 489 g/mol. The minimum absolute atomic E-state index is 0.0696. The number of sulfonamides is 1. The normalized spacial score (nSPS) is 11.3. The molecule has 2 aromatic rings. The third-order valence-corrected chi connectivity index (χ3v) is 6.63. The molecule has 0 aliphatic rings. The highest BCUT2D eigenvalue weighted by Crippen LogP contribution is 2.22. The van der Waals surface area contributed by atoms with Crippen LogP contribution in [0.1, 0.15) is 5.56 Å². The lowest BCUT2D eigenvalue weighted by atomic mass is 10.2. The summed E-state index contributed by atoms with van der Waals surface area (Å²) in [4.78, 5) is 24.1. The van der Waals surface area contributed by atoms with E-state index in [0.717, 1.165) is 8.78 Å². The molecule has 0 unspecified atom stereocenters. The summed E-state index contributed by atoms with van der Waals surface area (Å²) in [5, 5.41) is 5.56. The third kappa shape index (κ3) is 5.78. The monoisotopic (exact) mass is 487 g/mol. The van der Waals surface area contributed by atoms with Gasteiger partial charge >= 0.3 is 0 Å². The molecule has 28 heavy (non-hydrogen) atoms. The predicted octanol–water partition coefficient (Wildman–Crippen LogP) is 2.79. The van der Waals surface area contributed by atoms with Gasteiger partial charge in [-0.25, -0.2) is 8.42 Å². The Labute approximate surface area is 177 Å². The third-order valence-electron chi connectivity index (χ3n) is 3.88. The Bertz CT molecular complexity index is 981. The number of amides is 2. The summed E-state index contributed by atoms with van der Waals surface area (Å²) in [5.74, 6) is -1.04. The number of hydrogen-bond acceptors (Lipinski definition) is 4. The number of carbonyl (C=O) groups excluding carboxylic acids is 2. The average Bonchev–Trinajstić information content (AvgIpc) is 2.64. The number of benzene rings is 2. The number of nitrogens with one attached hydrogen (secondary N) is 2. The van der Waals surface area contributed by atoms with Gasteiger partial charge in [0.2, 0.25) is 21.8 Å². The van der Waals surface area contributed by atoms with Crippen LogP contribution in [0, 0.1) is 6.92 Å². The summed E-state index contributed by atoms with van der Waals surface area (Å²) in [6.07, 6.45) is 0. The van der Waals surface area contributed by atoms with E-state index in [0.29, 0.717) is 16.3 Å². The first-order valence-electron chi connectivity index (χ1n) is 8.15. The van der Waals surface area contributed by atoms with Crippen molar-refractivity contribution < 1.29 is 18.0 Å². The SMILES string of the molecule is Cc1c(Cl)cccc1NC(=O)CNC(=O)CN(C)S(=O)(=O)c1ccc(Br)cc1. The zero-order valence-corrected chi connectivity index (χ0v) is 18.4. The molecular weight excluding hydrogens is 470 g/mol. The molecule has 0 heterocycles. The molecule has 0 fully saturated rings. The Kier molecular flexibility index (Phi) is 7.59. The number of nitrogens with zero attached hydrogens (tertiary/aromatic N) is 1. The molecule has 2 amide bonds. The molecule has 0 atom stereocenters. The molecule has 10 heteroatoms. The number of likely N-dealkylation sites (N-methyl/N-ethyl adjacent to an activating group) is 1. The summed E-state index contributed by atoms with van der Waals surface area (Å²) >= 11 is 9.24. The van der Waals surface area contributed by atoms with Crippen LogP contribution in [0.25, 0.3) is 0 Å². The Morgan fingerprint density at radius 3 is 2.39 bits per heavy atom. The van der Waals surface area contributed by atoms with Crippen LogP contribution in [0.5, 0.6) is 0 Å². The highest BCUT2D eigenvalue weighted by Gasteiger charge is 2.23. The molecule has 0 aromatic heterocycles. The van der Waals surface area contributed by atoms with Gasteiger partial charge in [0.1, 0.15) is 0 Å². The van der Waals surface area contributed by atoms with Crippen LogP contribution >= 0.6 is 27.5 Å². The Morgan fingerprint density at radius 1 is 1.11 bits per heavy atom. The van der Waals surface area contributed by atoms with Crippen LogP contribution in [-0.4, -0.2) is 44.7 Å². The summed E-state index contributed by atoms with van der Waals surface area (Å²) in [5.41, 5.74) is 1.26. The zero-order valence-electron chi connectivity index (χ0n) is 15.2. The van der Waals surface area contributed by atoms with E-state index in [1.54, 1.807) is 37.3 Å². The van der Waals surface area contributed by atoms with Gasteiger partial charge in [-0.15, -0.1) is 0 Å². The first kappa shape index (κ1) is 22.4. The molecule has 0 aliphatic carbocycles. The molecule has 0 saturated carbocycles. The van der Waals surface area contributed by atoms with Gasteiger partial charge in [-0.1, -0.05) is 33.6 Å². The molecular formula is C18H19BrClN3O4S. The standard InChI is InChI=1S/C18H19BrClN3O4S/c1-12-15(20)4-3-5-16(12)22-17(24)10-21-18(25)11-23(2)28(26,27)14-8-6-13(19)7-9-14/h3-9H,10-11H2,1-2H3,(H,21,25)(H,22,24). The van der Waals surface area contributed by atoms with E-state index in [-0.39, 0.29) is 11.4 Å². The molecule has 2 aromatic carbocycles. The van der Waals surface area contributed by atoms with E-state index in [2.05, 4.69) is 26.6 Å². The number of rotatable bonds is 7. The van der Waals surface area contributed by atoms with Crippen LogP contribution in [0.3, 0.4) is 0 Å². The molecule has 0 saturated heterocycles. The molecule has 2 rings (SSSR count). The van der Waals surface area contributed by atoms with Crippen molar-refractivity contribution in [3.63, 3.8) is 0 Å². The fourth-order valence-electron chi connectivity index (χ4n) is 2.25. The minimum atomic E-state index is -3.81. The number of halogens is 2. The summed E-state index contributed by atoms with van der Waals surface area (Å²) in [6, 6.07) is 11.2. The number of anilines is 1. The van der Waals surface area contributed by atoms with Gasteiger partial charge in [0.25, 0.3) is 0 Å². The fraction of sp³-hybridized carbons (Fsp3) is 0.222. The minimum Gasteiger partial charge on any atom is -0.346 e. The first-order chi connectivity index (χ1) is 13.1. The molecule has 150 valence electrons. The maximum Gasteiger partial charge on any atom is 0.243 e. The molecule has 0 aliphatic heterocycles. The van der Waals surface area contributed by atoms with E-state index in [4.69, 9.17) is 11.6 Å². The van der Waals surface area contributed by atoms with E-state index in [9.17, 15) is 18.0 Å². The van der Waals surface area contributed by atoms with Crippen molar-refractivity contribution in [1.82, 2.24) is 9.62 Å². The fourth-order valence-corrected chi connectivity index (χ4v) is 3.81. The van der Waals surface area contributed by atoms with Crippen molar-refractivity contribution in [1.29, 1.82) is 0 Å². The Morgan fingerprint density at radius 2 is 1.75 bits per heavy atom. The topological polar surface area (TPSA) is 95.6 Å². The highest BCUT2D eigenvalue weighted by molar-refractivity contribution is 9.10. The quantitative estimate of drug-likeness (QED) is 0.626. The van der Waals surface area contributed by atoms with Crippen molar-refractivity contribution in [3.8, 4) is 0 Å². The largest absolute Gasteiger partial charge is 0.346 e. The lowest BCUT2D eigenvalue weighted by Crippen LogP contribution is -2.41. The maximum atomic E-state index is 12.5. The summed E-state index contributed by atoms with van der Waals surface area (Å²) in [7, 11) is -2.51.